The molecule has 9 heteroatoms. The standard InChI is InChI=1S/2C18H20N2O2.Ni/c2*21-18(16-9-5-2-6-10-16)19-17(15-7-3-1-4-8-15)20-11-13-22-14-12-20;/h2*1-10,17H,11-14H2,(H,19,21);. The number of benzene rings is 4. The fourth-order valence-electron chi connectivity index (χ4n) is 5.18. The van der Waals surface area contributed by atoms with Gasteiger partial charge in [-0.25, -0.2) is 9.98 Å². The second-order valence-electron chi connectivity index (χ2n) is 10.5. The molecule has 2 aliphatic rings. The molecule has 2 atom stereocenters. The van der Waals surface area contributed by atoms with E-state index in [1.807, 2.05) is 121 Å². The molecule has 4 aromatic rings. The Morgan fingerprint density at radius 1 is 0.489 bits per heavy atom. The monoisotopic (exact) mass is 650 g/mol. The molecule has 0 bridgehead atoms. The van der Waals surface area contributed by atoms with Gasteiger partial charge in [-0.05, 0) is 35.4 Å². The van der Waals surface area contributed by atoms with Gasteiger partial charge in [0.05, 0.1) is 26.4 Å². The minimum Gasteiger partial charge on any atom is -0.493 e. The van der Waals surface area contributed by atoms with Crippen molar-refractivity contribution in [2.45, 2.75) is 12.3 Å². The molecule has 2 aliphatic heterocycles. The Morgan fingerprint density at radius 3 is 1.09 bits per heavy atom. The smallest absolute Gasteiger partial charge is 0.215 e. The van der Waals surface area contributed by atoms with E-state index in [9.17, 15) is 10.2 Å². The molecule has 2 fully saturated rings. The first-order chi connectivity index (χ1) is 21.7. The van der Waals surface area contributed by atoms with Crippen LogP contribution in [0.2, 0.25) is 0 Å². The molecule has 2 saturated heterocycles. The maximum atomic E-state index is 10.4. The van der Waals surface area contributed by atoms with Crippen LogP contribution in [0.15, 0.2) is 131 Å². The van der Waals surface area contributed by atoms with E-state index < -0.39 is 0 Å². The average molecular weight is 651 g/mol. The Bertz CT molecular complexity index is 1330. The van der Waals surface area contributed by atoms with Gasteiger partial charge >= 0.3 is 0 Å². The quantitative estimate of drug-likeness (QED) is 0.137. The molecule has 45 heavy (non-hydrogen) atoms. The number of morpholine rings is 2. The molecular weight excluding hydrogens is 611 g/mol. The second-order valence-corrected chi connectivity index (χ2v) is 10.5. The van der Waals surface area contributed by atoms with E-state index in [0.717, 1.165) is 48.4 Å². The van der Waals surface area contributed by atoms with Gasteiger partial charge in [-0.1, -0.05) is 97.1 Å². The molecule has 8 nitrogen and oxygen atoms in total. The van der Waals surface area contributed by atoms with E-state index in [2.05, 4.69) is 19.8 Å². The molecule has 2 heterocycles. The Kier molecular flexibility index (Phi) is 13.8. The van der Waals surface area contributed by atoms with Crippen LogP contribution in [0, 0.1) is 0 Å². The number of nitrogens with zero attached hydrogens (tertiary/aromatic N) is 4. The second kappa shape index (κ2) is 18.2. The Hall–Kier alpha value is -3.85. The number of rotatable bonds is 8. The van der Waals surface area contributed by atoms with Crippen molar-refractivity contribution in [2.24, 2.45) is 9.98 Å². The zero-order valence-electron chi connectivity index (χ0n) is 25.2. The summed E-state index contributed by atoms with van der Waals surface area (Å²) in [5.41, 5.74) is 3.62. The molecule has 238 valence electrons. The number of aliphatic hydroxyl groups is 2. The summed E-state index contributed by atoms with van der Waals surface area (Å²) in [6.07, 6.45) is -0.379. The molecule has 4 aromatic carbocycles. The van der Waals surface area contributed by atoms with Crippen LogP contribution in [0.5, 0.6) is 0 Å². The van der Waals surface area contributed by atoms with E-state index in [1.54, 1.807) is 0 Å². The van der Waals surface area contributed by atoms with Crippen molar-refractivity contribution in [2.75, 3.05) is 52.6 Å². The van der Waals surface area contributed by atoms with Crippen molar-refractivity contribution in [3.8, 4) is 0 Å². The minimum atomic E-state index is -0.190. The SMILES string of the molecule is O/C(=N/C(c1ccccc1)N1CCOCC1)c1ccccc1.O/C(=N\C(c1ccccc1)N1CCOCC1)c1ccccc1.[Ni]. The minimum absolute atomic E-state index is 0. The normalized spacial score (nSPS) is 17.7. The molecular formula is C36H40N4NiO4. The van der Waals surface area contributed by atoms with Crippen LogP contribution in [0.1, 0.15) is 34.6 Å². The van der Waals surface area contributed by atoms with E-state index in [0.29, 0.717) is 26.4 Å². The topological polar surface area (TPSA) is 90.1 Å². The molecule has 2 unspecified atom stereocenters. The van der Waals surface area contributed by atoms with Gasteiger partial charge in [0.2, 0.25) is 11.8 Å². The van der Waals surface area contributed by atoms with Crippen molar-refractivity contribution in [3.63, 3.8) is 0 Å². The fraction of sp³-hybridized carbons (Fsp3) is 0.278. The van der Waals surface area contributed by atoms with Crippen molar-refractivity contribution in [1.29, 1.82) is 0 Å². The van der Waals surface area contributed by atoms with Crippen molar-refractivity contribution in [1.82, 2.24) is 9.80 Å². The largest absolute Gasteiger partial charge is 0.493 e. The third-order valence-electron chi connectivity index (χ3n) is 7.53. The average Bonchev–Trinajstić information content (AvgIpc) is 3.12. The van der Waals surface area contributed by atoms with Gasteiger partial charge in [0, 0.05) is 53.8 Å². The molecule has 0 saturated carbocycles. The third-order valence-corrected chi connectivity index (χ3v) is 7.53. The van der Waals surface area contributed by atoms with Crippen LogP contribution in [-0.2, 0) is 26.0 Å². The van der Waals surface area contributed by atoms with Gasteiger partial charge in [0.1, 0.15) is 12.3 Å². The van der Waals surface area contributed by atoms with E-state index in [-0.39, 0.29) is 40.6 Å². The predicted molar refractivity (Wildman–Crippen MR) is 174 cm³/mol. The summed E-state index contributed by atoms with van der Waals surface area (Å²) >= 11 is 0. The van der Waals surface area contributed by atoms with Crippen LogP contribution in [-0.4, -0.2) is 84.4 Å². The number of aliphatic imine (C=N–C) groups is 2. The number of hydrogen-bond donors (Lipinski definition) is 2. The molecule has 6 rings (SSSR count). The molecule has 0 aromatic heterocycles. The summed E-state index contributed by atoms with van der Waals surface area (Å²) in [6, 6.07) is 39.0. The summed E-state index contributed by atoms with van der Waals surface area (Å²) in [7, 11) is 0. The Balaban J connectivity index is 0.000000200. The van der Waals surface area contributed by atoms with Crippen LogP contribution in [0.25, 0.3) is 0 Å². The first kappa shape index (κ1) is 34.0. The number of ether oxygens (including phenoxy) is 2. The maximum absolute atomic E-state index is 10.4. The summed E-state index contributed by atoms with van der Waals surface area (Å²) in [6.45, 7) is 6.04. The van der Waals surface area contributed by atoms with Crippen LogP contribution >= 0.6 is 0 Å². The molecule has 0 radical (unpaired) electrons. The van der Waals surface area contributed by atoms with Crippen LogP contribution in [0.3, 0.4) is 0 Å². The van der Waals surface area contributed by atoms with E-state index >= 15 is 0 Å². The van der Waals surface area contributed by atoms with Gasteiger partial charge in [0.25, 0.3) is 0 Å². The van der Waals surface area contributed by atoms with Gasteiger partial charge < -0.3 is 19.7 Å². The van der Waals surface area contributed by atoms with Crippen LogP contribution in [0.4, 0.5) is 0 Å². The van der Waals surface area contributed by atoms with Gasteiger partial charge in [-0.3, -0.25) is 9.80 Å². The summed E-state index contributed by atoms with van der Waals surface area (Å²) < 4.78 is 10.8. The fourth-order valence-corrected chi connectivity index (χ4v) is 5.18. The van der Waals surface area contributed by atoms with Crippen molar-refractivity contribution in [3.05, 3.63) is 144 Å². The number of hydrogen-bond acceptors (Lipinski definition) is 6. The molecule has 0 aliphatic carbocycles. The van der Waals surface area contributed by atoms with Gasteiger partial charge in [-0.15, -0.1) is 0 Å². The third kappa shape index (κ3) is 10.1. The van der Waals surface area contributed by atoms with Crippen molar-refractivity contribution < 1.29 is 36.2 Å². The van der Waals surface area contributed by atoms with Crippen molar-refractivity contribution >= 4 is 11.8 Å². The summed E-state index contributed by atoms with van der Waals surface area (Å²) in [4.78, 5) is 13.6. The van der Waals surface area contributed by atoms with Gasteiger partial charge in [0.15, 0.2) is 0 Å². The first-order valence-electron chi connectivity index (χ1n) is 15.1. The van der Waals surface area contributed by atoms with E-state index in [4.69, 9.17) is 9.47 Å². The predicted octanol–water partition coefficient (Wildman–Crippen LogP) is 6.04. The zero-order valence-corrected chi connectivity index (χ0v) is 26.2. The maximum Gasteiger partial charge on any atom is 0.215 e. The molecule has 0 amide bonds. The zero-order chi connectivity index (χ0) is 30.4. The first-order valence-corrected chi connectivity index (χ1v) is 15.1. The van der Waals surface area contributed by atoms with Crippen LogP contribution < -0.4 is 0 Å². The van der Waals surface area contributed by atoms with E-state index in [1.165, 1.54) is 0 Å². The Morgan fingerprint density at radius 2 is 0.778 bits per heavy atom. The van der Waals surface area contributed by atoms with Gasteiger partial charge in [-0.2, -0.15) is 0 Å². The molecule has 0 spiro atoms. The number of aliphatic hydroxyl groups excluding tert-OH is 2. The summed E-state index contributed by atoms with van der Waals surface area (Å²) in [5.74, 6) is 0.141. The summed E-state index contributed by atoms with van der Waals surface area (Å²) in [5, 5.41) is 20.7. The molecule has 2 N–H and O–H groups in total. The Labute approximate surface area is 275 Å².